The van der Waals surface area contributed by atoms with E-state index in [1.165, 1.54) is 34.8 Å². The van der Waals surface area contributed by atoms with Gasteiger partial charge in [0.15, 0.2) is 0 Å². The summed E-state index contributed by atoms with van der Waals surface area (Å²) in [6, 6.07) is 22.3. The molecule has 4 heterocycles. The summed E-state index contributed by atoms with van der Waals surface area (Å²) in [4.78, 5) is 16.0. The first-order valence-electron chi connectivity index (χ1n) is 11.5. The summed E-state index contributed by atoms with van der Waals surface area (Å²) in [5, 5.41) is 2.56. The largest absolute Gasteiger partial charge is 0.368 e. The van der Waals surface area contributed by atoms with Gasteiger partial charge in [-0.1, -0.05) is 24.3 Å². The molecule has 0 bridgehead atoms. The molecule has 0 amide bonds. The summed E-state index contributed by atoms with van der Waals surface area (Å²) in [7, 11) is 0. The fourth-order valence-corrected chi connectivity index (χ4v) is 5.36. The Morgan fingerprint density at radius 2 is 1.58 bits per heavy atom. The predicted octanol–water partition coefficient (Wildman–Crippen LogP) is 4.51. The number of H-pyrrole nitrogens is 1. The Bertz CT molecular complexity index is 1180. The monoisotopic (exact) mass is 411 g/mol. The standard InChI is InChI=1S/C26H29N5/c1-2-5-23-20(4-1)8-9-26(28-23)31-14-11-21(12-15-31)29-16-18-30(19-17-29)25-7-3-6-24-22(25)10-13-27-24/h1-10,13,21,27H,11-12,14-19H2. The smallest absolute Gasteiger partial charge is 0.129 e. The fourth-order valence-electron chi connectivity index (χ4n) is 5.36. The van der Waals surface area contributed by atoms with Gasteiger partial charge in [0.05, 0.1) is 5.52 Å². The highest BCUT2D eigenvalue weighted by molar-refractivity contribution is 5.92. The van der Waals surface area contributed by atoms with E-state index in [0.717, 1.165) is 50.6 Å². The van der Waals surface area contributed by atoms with Crippen LogP contribution in [0.15, 0.2) is 66.9 Å². The molecule has 6 rings (SSSR count). The molecule has 2 aromatic carbocycles. The Hall–Kier alpha value is -3.05. The van der Waals surface area contributed by atoms with Crippen LogP contribution in [0.3, 0.4) is 0 Å². The number of pyridine rings is 1. The van der Waals surface area contributed by atoms with Crippen LogP contribution in [0.5, 0.6) is 0 Å². The van der Waals surface area contributed by atoms with Crippen LogP contribution in [-0.2, 0) is 0 Å². The molecule has 0 radical (unpaired) electrons. The molecule has 0 spiro atoms. The highest BCUT2D eigenvalue weighted by Crippen LogP contribution is 2.29. The Morgan fingerprint density at radius 3 is 2.45 bits per heavy atom. The molecule has 2 aromatic heterocycles. The number of hydrogen-bond acceptors (Lipinski definition) is 4. The molecule has 5 heteroatoms. The highest BCUT2D eigenvalue weighted by Gasteiger charge is 2.28. The average Bonchev–Trinajstić information content (AvgIpc) is 3.33. The van der Waals surface area contributed by atoms with E-state index in [1.54, 1.807) is 0 Å². The highest BCUT2D eigenvalue weighted by atomic mass is 15.3. The Kier molecular flexibility index (Phi) is 4.76. The first kappa shape index (κ1) is 18.7. The third-order valence-corrected chi connectivity index (χ3v) is 7.12. The lowest BCUT2D eigenvalue weighted by molar-refractivity contribution is 0.160. The van der Waals surface area contributed by atoms with E-state index in [9.17, 15) is 0 Å². The van der Waals surface area contributed by atoms with Crippen molar-refractivity contribution in [3.63, 3.8) is 0 Å². The fraction of sp³-hybridized carbons (Fsp3) is 0.346. The van der Waals surface area contributed by atoms with Crippen LogP contribution in [0.25, 0.3) is 21.8 Å². The van der Waals surface area contributed by atoms with Crippen molar-refractivity contribution in [2.75, 3.05) is 49.1 Å². The zero-order valence-electron chi connectivity index (χ0n) is 17.9. The van der Waals surface area contributed by atoms with Crippen molar-refractivity contribution in [1.82, 2.24) is 14.9 Å². The summed E-state index contributed by atoms with van der Waals surface area (Å²) in [5.74, 6) is 1.13. The molecule has 2 fully saturated rings. The topological polar surface area (TPSA) is 38.4 Å². The molecule has 0 atom stereocenters. The number of nitrogens with zero attached hydrogens (tertiary/aromatic N) is 4. The van der Waals surface area contributed by atoms with Crippen molar-refractivity contribution < 1.29 is 0 Å². The van der Waals surface area contributed by atoms with Gasteiger partial charge in [-0.3, -0.25) is 4.90 Å². The summed E-state index contributed by atoms with van der Waals surface area (Å²) in [6.45, 7) is 6.71. The van der Waals surface area contributed by atoms with Crippen molar-refractivity contribution in [1.29, 1.82) is 0 Å². The molecule has 4 aromatic rings. The van der Waals surface area contributed by atoms with Crippen LogP contribution in [0.2, 0.25) is 0 Å². The molecule has 1 N–H and O–H groups in total. The van der Waals surface area contributed by atoms with Gasteiger partial charge in [-0.2, -0.15) is 0 Å². The number of fused-ring (bicyclic) bond motifs is 2. The summed E-state index contributed by atoms with van der Waals surface area (Å²) in [6.07, 6.45) is 4.49. The second-order valence-corrected chi connectivity index (χ2v) is 8.82. The second kappa shape index (κ2) is 7.89. The minimum atomic E-state index is 0.696. The van der Waals surface area contributed by atoms with Gasteiger partial charge in [0.2, 0.25) is 0 Å². The lowest BCUT2D eigenvalue weighted by Crippen LogP contribution is -2.53. The van der Waals surface area contributed by atoms with Crippen molar-refractivity contribution in [3.8, 4) is 0 Å². The summed E-state index contributed by atoms with van der Waals surface area (Å²) in [5.41, 5.74) is 3.70. The number of anilines is 2. The third-order valence-electron chi connectivity index (χ3n) is 7.12. The SMILES string of the molecule is c1ccc2nc(N3CCC(N4CCN(c5cccc6[nH]ccc56)CC4)CC3)ccc2c1. The predicted molar refractivity (Wildman–Crippen MR) is 129 cm³/mol. The van der Waals surface area contributed by atoms with Gasteiger partial charge in [-0.15, -0.1) is 0 Å². The van der Waals surface area contributed by atoms with Crippen LogP contribution in [-0.4, -0.2) is 60.2 Å². The van der Waals surface area contributed by atoms with Gasteiger partial charge in [-0.05, 0) is 49.2 Å². The Labute approximate surface area is 183 Å². The molecule has 0 aliphatic carbocycles. The lowest BCUT2D eigenvalue weighted by Gasteiger charge is -2.43. The second-order valence-electron chi connectivity index (χ2n) is 8.82. The van der Waals surface area contributed by atoms with Crippen LogP contribution < -0.4 is 9.80 Å². The minimum absolute atomic E-state index is 0.696. The molecule has 0 saturated carbocycles. The number of para-hydroxylation sites is 1. The van der Waals surface area contributed by atoms with E-state index in [-0.39, 0.29) is 0 Å². The molecule has 31 heavy (non-hydrogen) atoms. The van der Waals surface area contributed by atoms with Crippen molar-refractivity contribution in [3.05, 3.63) is 66.9 Å². The summed E-state index contributed by atoms with van der Waals surface area (Å²) < 4.78 is 0. The van der Waals surface area contributed by atoms with E-state index >= 15 is 0 Å². The molecule has 2 aliphatic rings. The van der Waals surface area contributed by atoms with Crippen LogP contribution in [0.1, 0.15) is 12.8 Å². The van der Waals surface area contributed by atoms with E-state index in [0.29, 0.717) is 6.04 Å². The molecule has 2 aliphatic heterocycles. The number of hydrogen-bond donors (Lipinski definition) is 1. The molecule has 0 unspecified atom stereocenters. The van der Waals surface area contributed by atoms with Crippen LogP contribution in [0, 0.1) is 0 Å². The van der Waals surface area contributed by atoms with Crippen molar-refractivity contribution in [2.24, 2.45) is 0 Å². The third kappa shape index (κ3) is 3.53. The van der Waals surface area contributed by atoms with Crippen molar-refractivity contribution >= 4 is 33.3 Å². The Balaban J connectivity index is 1.07. The van der Waals surface area contributed by atoms with Gasteiger partial charge in [0.1, 0.15) is 5.82 Å². The molecule has 5 nitrogen and oxygen atoms in total. The molecule has 2 saturated heterocycles. The number of nitrogens with one attached hydrogen (secondary N) is 1. The van der Waals surface area contributed by atoms with E-state index in [1.807, 2.05) is 6.20 Å². The molecule has 158 valence electrons. The van der Waals surface area contributed by atoms with Crippen LogP contribution in [0.4, 0.5) is 11.5 Å². The van der Waals surface area contributed by atoms with Crippen LogP contribution >= 0.6 is 0 Å². The zero-order valence-corrected chi connectivity index (χ0v) is 17.9. The van der Waals surface area contributed by atoms with Gasteiger partial charge in [-0.25, -0.2) is 4.98 Å². The first-order chi connectivity index (χ1) is 15.3. The van der Waals surface area contributed by atoms with E-state index < -0.39 is 0 Å². The minimum Gasteiger partial charge on any atom is -0.368 e. The number of aromatic nitrogens is 2. The number of benzene rings is 2. The average molecular weight is 412 g/mol. The first-order valence-corrected chi connectivity index (χ1v) is 11.5. The zero-order chi connectivity index (χ0) is 20.6. The number of piperazine rings is 1. The van der Waals surface area contributed by atoms with Gasteiger partial charge in [0.25, 0.3) is 0 Å². The van der Waals surface area contributed by atoms with Gasteiger partial charge in [0, 0.05) is 73.5 Å². The van der Waals surface area contributed by atoms with E-state index in [2.05, 4.69) is 80.3 Å². The molecular weight excluding hydrogens is 382 g/mol. The molecular formula is C26H29N5. The van der Waals surface area contributed by atoms with Gasteiger partial charge < -0.3 is 14.8 Å². The number of aromatic amines is 1. The summed E-state index contributed by atoms with van der Waals surface area (Å²) >= 11 is 0. The maximum absolute atomic E-state index is 4.90. The number of piperidine rings is 1. The van der Waals surface area contributed by atoms with E-state index in [4.69, 9.17) is 4.98 Å². The maximum atomic E-state index is 4.90. The van der Waals surface area contributed by atoms with Crippen molar-refractivity contribution in [2.45, 2.75) is 18.9 Å². The Morgan fingerprint density at radius 1 is 0.742 bits per heavy atom. The normalized spacial score (nSPS) is 18.8. The quantitative estimate of drug-likeness (QED) is 0.538. The maximum Gasteiger partial charge on any atom is 0.129 e. The number of rotatable bonds is 3. The van der Waals surface area contributed by atoms with Gasteiger partial charge >= 0.3 is 0 Å². The lowest BCUT2D eigenvalue weighted by atomic mass is 10.0.